The SMILES string of the molecule is O=C(/C=C/c1ccc(Cc2nc3ccccc3n2Cc2ccccc2)cc1)NO. The number of hydroxylamine groups is 1. The number of fused-ring (bicyclic) bond motifs is 1. The Morgan fingerprint density at radius 2 is 1.66 bits per heavy atom. The van der Waals surface area contributed by atoms with Crippen LogP contribution in [0.25, 0.3) is 17.1 Å². The van der Waals surface area contributed by atoms with Crippen LogP contribution in [0.4, 0.5) is 0 Å². The van der Waals surface area contributed by atoms with E-state index in [4.69, 9.17) is 10.2 Å². The summed E-state index contributed by atoms with van der Waals surface area (Å²) in [7, 11) is 0. The van der Waals surface area contributed by atoms with E-state index >= 15 is 0 Å². The molecule has 5 nitrogen and oxygen atoms in total. The first-order valence-corrected chi connectivity index (χ1v) is 9.42. The molecule has 1 aromatic heterocycles. The first-order valence-electron chi connectivity index (χ1n) is 9.42. The smallest absolute Gasteiger partial charge is 0.267 e. The number of amides is 1. The molecule has 29 heavy (non-hydrogen) atoms. The largest absolute Gasteiger partial charge is 0.323 e. The minimum Gasteiger partial charge on any atom is -0.323 e. The number of benzene rings is 3. The van der Waals surface area contributed by atoms with E-state index in [1.54, 1.807) is 11.6 Å². The Labute approximate surface area is 168 Å². The molecule has 0 aliphatic carbocycles. The van der Waals surface area contributed by atoms with Crippen molar-refractivity contribution in [3.63, 3.8) is 0 Å². The summed E-state index contributed by atoms with van der Waals surface area (Å²) in [6.07, 6.45) is 3.65. The van der Waals surface area contributed by atoms with Gasteiger partial charge < -0.3 is 4.57 Å². The molecule has 3 aromatic carbocycles. The van der Waals surface area contributed by atoms with Crippen molar-refractivity contribution in [2.24, 2.45) is 0 Å². The lowest BCUT2D eigenvalue weighted by Crippen LogP contribution is -2.14. The van der Waals surface area contributed by atoms with Gasteiger partial charge in [-0.3, -0.25) is 10.0 Å². The molecule has 0 saturated heterocycles. The van der Waals surface area contributed by atoms with Gasteiger partial charge in [0, 0.05) is 19.0 Å². The molecule has 0 unspecified atom stereocenters. The molecule has 0 spiro atoms. The highest BCUT2D eigenvalue weighted by atomic mass is 16.5. The quantitative estimate of drug-likeness (QED) is 0.298. The molecular formula is C24H21N3O2. The van der Waals surface area contributed by atoms with Gasteiger partial charge in [0.1, 0.15) is 5.82 Å². The molecule has 0 saturated carbocycles. The van der Waals surface area contributed by atoms with Crippen molar-refractivity contribution in [2.45, 2.75) is 13.0 Å². The van der Waals surface area contributed by atoms with Crippen LogP contribution in [0, 0.1) is 0 Å². The second-order valence-corrected chi connectivity index (χ2v) is 6.82. The molecule has 4 aromatic rings. The predicted octanol–water partition coefficient (Wildman–Crippen LogP) is 4.19. The van der Waals surface area contributed by atoms with Crippen molar-refractivity contribution in [1.82, 2.24) is 15.0 Å². The summed E-state index contributed by atoms with van der Waals surface area (Å²) in [5.74, 6) is 0.460. The van der Waals surface area contributed by atoms with Gasteiger partial charge >= 0.3 is 0 Å². The summed E-state index contributed by atoms with van der Waals surface area (Å²) in [6, 6.07) is 26.5. The van der Waals surface area contributed by atoms with Crippen molar-refractivity contribution < 1.29 is 10.0 Å². The summed E-state index contributed by atoms with van der Waals surface area (Å²) in [5, 5.41) is 8.55. The van der Waals surface area contributed by atoms with E-state index in [2.05, 4.69) is 34.9 Å². The van der Waals surface area contributed by atoms with Crippen molar-refractivity contribution in [3.05, 3.63) is 107 Å². The van der Waals surface area contributed by atoms with E-state index in [1.165, 1.54) is 11.6 Å². The van der Waals surface area contributed by atoms with Crippen molar-refractivity contribution >= 4 is 23.0 Å². The standard InChI is InChI=1S/C24H21N3O2/c28-24(26-29)15-14-18-10-12-19(13-11-18)16-23-25-21-8-4-5-9-22(21)27(23)17-20-6-2-1-3-7-20/h1-15,29H,16-17H2,(H,26,28)/b15-14+. The Bertz CT molecular complexity index is 1150. The molecule has 144 valence electrons. The van der Waals surface area contributed by atoms with E-state index in [9.17, 15) is 4.79 Å². The highest BCUT2D eigenvalue weighted by Gasteiger charge is 2.11. The maximum atomic E-state index is 11.1. The van der Waals surface area contributed by atoms with Crippen LogP contribution in [0.1, 0.15) is 22.5 Å². The van der Waals surface area contributed by atoms with Crippen LogP contribution in [0.3, 0.4) is 0 Å². The van der Waals surface area contributed by atoms with E-state index in [0.29, 0.717) is 6.42 Å². The number of imidazole rings is 1. The molecule has 0 radical (unpaired) electrons. The second-order valence-electron chi connectivity index (χ2n) is 6.82. The third-order valence-corrected chi connectivity index (χ3v) is 4.80. The maximum Gasteiger partial charge on any atom is 0.267 e. The highest BCUT2D eigenvalue weighted by molar-refractivity contribution is 5.90. The number of para-hydroxylation sites is 2. The fourth-order valence-corrected chi connectivity index (χ4v) is 3.34. The van der Waals surface area contributed by atoms with Gasteiger partial charge in [0.15, 0.2) is 0 Å². The summed E-state index contributed by atoms with van der Waals surface area (Å²) in [5.41, 5.74) is 6.96. The van der Waals surface area contributed by atoms with Crippen LogP contribution in [-0.4, -0.2) is 20.7 Å². The van der Waals surface area contributed by atoms with Crippen LogP contribution in [0.5, 0.6) is 0 Å². The molecule has 0 fully saturated rings. The number of nitrogens with one attached hydrogen (secondary N) is 1. The average molecular weight is 383 g/mol. The van der Waals surface area contributed by atoms with E-state index in [1.807, 2.05) is 48.5 Å². The van der Waals surface area contributed by atoms with Crippen LogP contribution >= 0.6 is 0 Å². The number of carbonyl (C=O) groups is 1. The summed E-state index contributed by atoms with van der Waals surface area (Å²) >= 11 is 0. The molecular weight excluding hydrogens is 362 g/mol. The van der Waals surface area contributed by atoms with Crippen LogP contribution in [-0.2, 0) is 17.8 Å². The summed E-state index contributed by atoms with van der Waals surface area (Å²) < 4.78 is 2.27. The lowest BCUT2D eigenvalue weighted by molar-refractivity contribution is -0.124. The first kappa shape index (κ1) is 18.7. The Kier molecular flexibility index (Phi) is 5.49. The molecule has 0 bridgehead atoms. The highest BCUT2D eigenvalue weighted by Crippen LogP contribution is 2.20. The number of hydrogen-bond acceptors (Lipinski definition) is 3. The van der Waals surface area contributed by atoms with Gasteiger partial charge in [0.2, 0.25) is 0 Å². The summed E-state index contributed by atoms with van der Waals surface area (Å²) in [6.45, 7) is 0.772. The zero-order chi connectivity index (χ0) is 20.1. The van der Waals surface area contributed by atoms with Gasteiger partial charge in [-0.05, 0) is 34.9 Å². The van der Waals surface area contributed by atoms with Crippen LogP contribution in [0.15, 0.2) is 84.9 Å². The molecule has 1 amide bonds. The molecule has 0 aliphatic rings. The van der Waals surface area contributed by atoms with Gasteiger partial charge in [0.25, 0.3) is 5.91 Å². The van der Waals surface area contributed by atoms with Crippen molar-refractivity contribution in [2.75, 3.05) is 0 Å². The normalized spacial score (nSPS) is 11.2. The minimum atomic E-state index is -0.552. The first-order chi connectivity index (χ1) is 14.2. The lowest BCUT2D eigenvalue weighted by atomic mass is 10.1. The third kappa shape index (κ3) is 4.42. The van der Waals surface area contributed by atoms with Crippen molar-refractivity contribution in [1.29, 1.82) is 0 Å². The van der Waals surface area contributed by atoms with E-state index < -0.39 is 5.91 Å². The topological polar surface area (TPSA) is 67.2 Å². The molecule has 5 heteroatoms. The molecule has 4 rings (SSSR count). The van der Waals surface area contributed by atoms with Gasteiger partial charge in [-0.15, -0.1) is 0 Å². The number of rotatable bonds is 6. The average Bonchev–Trinajstić information content (AvgIpc) is 3.10. The Balaban J connectivity index is 1.61. The second kappa shape index (κ2) is 8.54. The van der Waals surface area contributed by atoms with E-state index in [-0.39, 0.29) is 0 Å². The monoisotopic (exact) mass is 383 g/mol. The van der Waals surface area contributed by atoms with Gasteiger partial charge in [-0.25, -0.2) is 10.5 Å². The Morgan fingerprint density at radius 3 is 2.41 bits per heavy atom. The van der Waals surface area contributed by atoms with Gasteiger partial charge in [0.05, 0.1) is 11.0 Å². The van der Waals surface area contributed by atoms with E-state index in [0.717, 1.165) is 34.5 Å². The zero-order valence-electron chi connectivity index (χ0n) is 15.8. The van der Waals surface area contributed by atoms with Gasteiger partial charge in [-0.1, -0.05) is 66.7 Å². The molecule has 1 heterocycles. The number of aromatic nitrogens is 2. The number of hydrogen-bond donors (Lipinski definition) is 2. The van der Waals surface area contributed by atoms with Crippen molar-refractivity contribution in [3.8, 4) is 0 Å². The number of carbonyl (C=O) groups excluding carboxylic acids is 1. The number of nitrogens with zero attached hydrogens (tertiary/aromatic N) is 2. The fourth-order valence-electron chi connectivity index (χ4n) is 3.34. The maximum absolute atomic E-state index is 11.1. The third-order valence-electron chi connectivity index (χ3n) is 4.80. The lowest BCUT2D eigenvalue weighted by Gasteiger charge is -2.10. The summed E-state index contributed by atoms with van der Waals surface area (Å²) in [4.78, 5) is 16.0. The van der Waals surface area contributed by atoms with Gasteiger partial charge in [-0.2, -0.15) is 0 Å². The van der Waals surface area contributed by atoms with Crippen LogP contribution < -0.4 is 5.48 Å². The predicted molar refractivity (Wildman–Crippen MR) is 113 cm³/mol. The van der Waals surface area contributed by atoms with Crippen LogP contribution in [0.2, 0.25) is 0 Å². The minimum absolute atomic E-state index is 0.552. The zero-order valence-corrected chi connectivity index (χ0v) is 15.8. The molecule has 2 N–H and O–H groups in total. The Hall–Kier alpha value is -3.70. The Morgan fingerprint density at radius 1 is 0.931 bits per heavy atom. The fraction of sp³-hybridized carbons (Fsp3) is 0.0833. The molecule has 0 aliphatic heterocycles. The molecule has 0 atom stereocenters.